The Morgan fingerprint density at radius 2 is 1.82 bits per heavy atom. The van der Waals surface area contributed by atoms with Gasteiger partial charge in [-0.1, -0.05) is 31.4 Å². The lowest BCUT2D eigenvalue weighted by molar-refractivity contribution is 0.425. The maximum absolute atomic E-state index is 4.50. The Balaban J connectivity index is 1.41. The monoisotopic (exact) mass is 454 g/mol. The minimum Gasteiger partial charge on any atom is -0.370 e. The standard InChI is InChI=1S/C28H34N6/c1-21(22(2)32-26-10-11-28(31-19-26)30-12-15-33(3)4)23-8-7-9-24(16-23)25-17-27(20-29-18-25)34-13-5-6-14-34/h7-11,16-20,32H,1-2,5-6,12-15H2,3-4H3,(H,30,31). The average Bonchev–Trinajstić information content (AvgIpc) is 3.40. The molecular weight excluding hydrogens is 420 g/mol. The Labute approximate surface area is 203 Å². The molecule has 1 fully saturated rings. The lowest BCUT2D eigenvalue weighted by atomic mass is 9.99. The highest BCUT2D eigenvalue weighted by atomic mass is 15.1. The van der Waals surface area contributed by atoms with Crippen molar-refractivity contribution < 1.29 is 0 Å². The first-order valence-electron chi connectivity index (χ1n) is 11.8. The Bertz CT molecular complexity index is 1130. The van der Waals surface area contributed by atoms with Crippen LogP contribution in [0.3, 0.4) is 0 Å². The Morgan fingerprint density at radius 1 is 1.00 bits per heavy atom. The number of anilines is 3. The van der Waals surface area contributed by atoms with Crippen molar-refractivity contribution in [2.24, 2.45) is 0 Å². The van der Waals surface area contributed by atoms with Crippen molar-refractivity contribution in [3.05, 3.63) is 85.5 Å². The van der Waals surface area contributed by atoms with Crippen LogP contribution in [0.25, 0.3) is 16.7 Å². The first-order chi connectivity index (χ1) is 16.5. The van der Waals surface area contributed by atoms with E-state index in [-0.39, 0.29) is 0 Å². The summed E-state index contributed by atoms with van der Waals surface area (Å²) in [6, 6.07) is 14.6. The summed E-state index contributed by atoms with van der Waals surface area (Å²) in [6.07, 6.45) is 8.19. The van der Waals surface area contributed by atoms with Gasteiger partial charge in [-0.3, -0.25) is 4.98 Å². The molecule has 1 saturated heterocycles. The molecule has 1 aliphatic rings. The average molecular weight is 455 g/mol. The van der Waals surface area contributed by atoms with Gasteiger partial charge in [-0.15, -0.1) is 0 Å². The molecular formula is C28H34N6. The number of nitrogens with zero attached hydrogens (tertiary/aromatic N) is 4. The van der Waals surface area contributed by atoms with Crippen molar-refractivity contribution in [2.45, 2.75) is 12.8 Å². The first kappa shape index (κ1) is 23.5. The maximum atomic E-state index is 4.50. The topological polar surface area (TPSA) is 56.3 Å². The fourth-order valence-corrected chi connectivity index (χ4v) is 4.02. The molecule has 0 bridgehead atoms. The summed E-state index contributed by atoms with van der Waals surface area (Å²) >= 11 is 0. The quantitative estimate of drug-likeness (QED) is 0.403. The molecule has 0 radical (unpaired) electrons. The van der Waals surface area contributed by atoms with E-state index in [2.05, 4.69) is 88.0 Å². The lowest BCUT2D eigenvalue weighted by Gasteiger charge is -2.18. The number of aromatic nitrogens is 2. The molecule has 0 unspecified atom stereocenters. The largest absolute Gasteiger partial charge is 0.370 e. The second kappa shape index (κ2) is 11.0. The second-order valence-electron chi connectivity index (χ2n) is 8.95. The first-order valence-corrected chi connectivity index (χ1v) is 11.8. The lowest BCUT2D eigenvalue weighted by Crippen LogP contribution is -2.21. The van der Waals surface area contributed by atoms with Gasteiger partial charge in [-0.05, 0) is 67.9 Å². The van der Waals surface area contributed by atoms with Crippen molar-refractivity contribution in [3.8, 4) is 11.1 Å². The van der Waals surface area contributed by atoms with Crippen LogP contribution in [0.2, 0.25) is 0 Å². The van der Waals surface area contributed by atoms with Crippen molar-refractivity contribution in [1.29, 1.82) is 0 Å². The number of rotatable bonds is 10. The van der Waals surface area contributed by atoms with E-state index in [1.807, 2.05) is 30.7 Å². The van der Waals surface area contributed by atoms with Crippen molar-refractivity contribution in [1.82, 2.24) is 14.9 Å². The molecule has 0 atom stereocenters. The zero-order valence-electron chi connectivity index (χ0n) is 20.2. The zero-order valence-corrected chi connectivity index (χ0v) is 20.2. The van der Waals surface area contributed by atoms with E-state index in [0.717, 1.165) is 65.6 Å². The van der Waals surface area contributed by atoms with Gasteiger partial charge in [0.15, 0.2) is 0 Å². The highest BCUT2D eigenvalue weighted by Gasteiger charge is 2.14. The van der Waals surface area contributed by atoms with E-state index in [4.69, 9.17) is 0 Å². The van der Waals surface area contributed by atoms with Crippen LogP contribution < -0.4 is 15.5 Å². The van der Waals surface area contributed by atoms with E-state index in [1.165, 1.54) is 18.5 Å². The van der Waals surface area contributed by atoms with Gasteiger partial charge in [0, 0.05) is 43.6 Å². The molecule has 34 heavy (non-hydrogen) atoms. The highest BCUT2D eigenvalue weighted by Crippen LogP contribution is 2.29. The molecule has 3 aromatic rings. The molecule has 3 heterocycles. The van der Waals surface area contributed by atoms with Crippen LogP contribution in [0.1, 0.15) is 18.4 Å². The number of benzene rings is 1. The number of hydrogen-bond acceptors (Lipinski definition) is 6. The highest BCUT2D eigenvalue weighted by molar-refractivity contribution is 5.82. The van der Waals surface area contributed by atoms with Crippen LogP contribution in [0.15, 0.2) is 79.9 Å². The van der Waals surface area contributed by atoms with Crippen LogP contribution in [0.5, 0.6) is 0 Å². The summed E-state index contributed by atoms with van der Waals surface area (Å²) in [6.45, 7) is 12.5. The third-order valence-electron chi connectivity index (χ3n) is 6.03. The number of allylic oxidation sites excluding steroid dienone is 1. The molecule has 176 valence electrons. The molecule has 4 rings (SSSR count). The predicted octanol–water partition coefficient (Wildman–Crippen LogP) is 5.36. The zero-order chi connectivity index (χ0) is 23.9. The molecule has 1 aliphatic heterocycles. The van der Waals surface area contributed by atoms with Gasteiger partial charge >= 0.3 is 0 Å². The van der Waals surface area contributed by atoms with E-state index in [9.17, 15) is 0 Å². The van der Waals surface area contributed by atoms with Crippen LogP contribution in [0.4, 0.5) is 17.2 Å². The predicted molar refractivity (Wildman–Crippen MR) is 144 cm³/mol. The Kier molecular flexibility index (Phi) is 7.60. The number of hydrogen-bond donors (Lipinski definition) is 2. The fraction of sp³-hybridized carbons (Fsp3) is 0.286. The minimum absolute atomic E-state index is 0.746. The van der Waals surface area contributed by atoms with Crippen molar-refractivity contribution in [2.75, 3.05) is 55.8 Å². The van der Waals surface area contributed by atoms with Gasteiger partial charge < -0.3 is 20.4 Å². The molecule has 0 amide bonds. The smallest absolute Gasteiger partial charge is 0.126 e. The second-order valence-corrected chi connectivity index (χ2v) is 8.95. The summed E-state index contributed by atoms with van der Waals surface area (Å²) in [5.41, 5.74) is 6.92. The van der Waals surface area contributed by atoms with E-state index < -0.39 is 0 Å². The molecule has 0 aliphatic carbocycles. The van der Waals surface area contributed by atoms with Gasteiger partial charge in [0.25, 0.3) is 0 Å². The van der Waals surface area contributed by atoms with E-state index in [0.29, 0.717) is 0 Å². The van der Waals surface area contributed by atoms with Crippen LogP contribution in [-0.4, -0.2) is 55.1 Å². The van der Waals surface area contributed by atoms with Gasteiger partial charge in [0.2, 0.25) is 0 Å². The van der Waals surface area contributed by atoms with Crippen molar-refractivity contribution >= 4 is 22.8 Å². The van der Waals surface area contributed by atoms with E-state index in [1.54, 1.807) is 0 Å². The van der Waals surface area contributed by atoms with Crippen LogP contribution in [-0.2, 0) is 0 Å². The summed E-state index contributed by atoms with van der Waals surface area (Å²) in [5, 5.41) is 6.66. The van der Waals surface area contributed by atoms with Gasteiger partial charge in [0.1, 0.15) is 5.82 Å². The molecule has 1 aromatic carbocycles. The molecule has 6 heteroatoms. The molecule has 2 N–H and O–H groups in total. The van der Waals surface area contributed by atoms with Gasteiger partial charge in [-0.2, -0.15) is 0 Å². The van der Waals surface area contributed by atoms with Gasteiger partial charge in [0.05, 0.1) is 23.8 Å². The SMILES string of the molecule is C=C(Nc1ccc(NCCN(C)C)nc1)C(=C)c1cccc(-c2cncc(N3CCCC3)c2)c1. The molecule has 2 aromatic heterocycles. The van der Waals surface area contributed by atoms with E-state index >= 15 is 0 Å². The maximum Gasteiger partial charge on any atom is 0.126 e. The molecule has 0 spiro atoms. The van der Waals surface area contributed by atoms with Gasteiger partial charge in [-0.25, -0.2) is 4.98 Å². The summed E-state index contributed by atoms with van der Waals surface area (Å²) < 4.78 is 0. The third kappa shape index (κ3) is 6.02. The summed E-state index contributed by atoms with van der Waals surface area (Å²) in [7, 11) is 4.11. The molecule has 6 nitrogen and oxygen atoms in total. The number of pyridine rings is 2. The Hall–Kier alpha value is -3.64. The minimum atomic E-state index is 0.746. The Morgan fingerprint density at radius 3 is 2.56 bits per heavy atom. The van der Waals surface area contributed by atoms with Crippen LogP contribution in [0, 0.1) is 0 Å². The molecule has 0 saturated carbocycles. The fourth-order valence-electron chi connectivity index (χ4n) is 4.02. The number of likely N-dealkylation sites (N-methyl/N-ethyl adjacent to an activating group) is 1. The summed E-state index contributed by atoms with van der Waals surface area (Å²) in [5.74, 6) is 0.856. The normalized spacial score (nSPS) is 13.2. The van der Waals surface area contributed by atoms with Crippen LogP contribution >= 0.6 is 0 Å². The van der Waals surface area contributed by atoms with Crippen molar-refractivity contribution in [3.63, 3.8) is 0 Å². The summed E-state index contributed by atoms with van der Waals surface area (Å²) in [4.78, 5) is 13.5. The third-order valence-corrected chi connectivity index (χ3v) is 6.03. The number of nitrogens with one attached hydrogen (secondary N) is 2.